The molecule has 0 atom stereocenters. The number of nitrogens with one attached hydrogen (secondary N) is 1. The van der Waals surface area contributed by atoms with E-state index in [0.29, 0.717) is 22.1 Å². The Morgan fingerprint density at radius 2 is 1.92 bits per heavy atom. The first kappa shape index (κ1) is 15.8. The van der Waals surface area contributed by atoms with E-state index in [1.807, 2.05) is 0 Å². The van der Waals surface area contributed by atoms with Crippen LogP contribution in [0.25, 0.3) is 0 Å². The van der Waals surface area contributed by atoms with Crippen LogP contribution in [0, 0.1) is 10.1 Å². The molecule has 1 amide bonds. The molecule has 0 saturated heterocycles. The van der Waals surface area contributed by atoms with E-state index < -0.39 is 10.8 Å². The van der Waals surface area contributed by atoms with Crippen LogP contribution >= 0.6 is 11.6 Å². The number of halogens is 1. The lowest BCUT2D eigenvalue weighted by molar-refractivity contribution is -0.385. The quantitative estimate of drug-likeness (QED) is 0.520. The Bertz CT molecular complexity index is 836. The van der Waals surface area contributed by atoms with Crippen LogP contribution in [-0.2, 0) is 0 Å². The normalized spacial score (nSPS) is 12.4. The first-order valence-corrected chi connectivity index (χ1v) is 7.09. The first-order chi connectivity index (χ1) is 11.5. The Hall–Kier alpha value is -3.13. The number of ether oxygens (including phenoxy) is 2. The summed E-state index contributed by atoms with van der Waals surface area (Å²) >= 11 is 5.75. The molecule has 0 aliphatic carbocycles. The van der Waals surface area contributed by atoms with Crippen molar-refractivity contribution in [3.63, 3.8) is 0 Å². The van der Waals surface area contributed by atoms with Gasteiger partial charge in [-0.1, -0.05) is 11.6 Å². The molecule has 2 aromatic rings. The second-order valence-corrected chi connectivity index (χ2v) is 5.16. The molecule has 1 heterocycles. The number of benzene rings is 2. The molecule has 0 spiro atoms. The van der Waals surface area contributed by atoms with Gasteiger partial charge in [0.15, 0.2) is 11.5 Å². The summed E-state index contributed by atoms with van der Waals surface area (Å²) in [6, 6.07) is 8.90. The maximum atomic E-state index is 11.9. The summed E-state index contributed by atoms with van der Waals surface area (Å²) in [5, 5.41) is 15.4. The molecule has 1 aliphatic rings. The van der Waals surface area contributed by atoms with Crippen molar-refractivity contribution in [1.82, 2.24) is 5.43 Å². The van der Waals surface area contributed by atoms with Gasteiger partial charge in [-0.2, -0.15) is 5.10 Å². The average Bonchev–Trinajstić information content (AvgIpc) is 3.01. The number of carbonyl (C=O) groups excluding carboxylic acids is 1. The summed E-state index contributed by atoms with van der Waals surface area (Å²) < 4.78 is 10.3. The summed E-state index contributed by atoms with van der Waals surface area (Å²) in [6.07, 6.45) is 1.17. The minimum Gasteiger partial charge on any atom is -0.454 e. The van der Waals surface area contributed by atoms with Gasteiger partial charge in [0.05, 0.1) is 22.8 Å². The Morgan fingerprint density at radius 3 is 2.58 bits per heavy atom. The first-order valence-electron chi connectivity index (χ1n) is 6.71. The van der Waals surface area contributed by atoms with E-state index in [-0.39, 0.29) is 18.0 Å². The Kier molecular flexibility index (Phi) is 4.30. The van der Waals surface area contributed by atoms with Crippen molar-refractivity contribution >= 4 is 29.4 Å². The van der Waals surface area contributed by atoms with Gasteiger partial charge in [0.1, 0.15) is 0 Å². The van der Waals surface area contributed by atoms with Gasteiger partial charge in [-0.25, -0.2) is 5.43 Å². The highest BCUT2D eigenvalue weighted by Gasteiger charge is 2.22. The van der Waals surface area contributed by atoms with Gasteiger partial charge in [0.25, 0.3) is 11.6 Å². The number of hydrazone groups is 1. The van der Waals surface area contributed by atoms with Crippen molar-refractivity contribution < 1.29 is 19.2 Å². The summed E-state index contributed by atoms with van der Waals surface area (Å²) in [5.41, 5.74) is 2.63. The zero-order valence-electron chi connectivity index (χ0n) is 12.1. The van der Waals surface area contributed by atoms with Crippen molar-refractivity contribution in [2.75, 3.05) is 6.79 Å². The lowest BCUT2D eigenvalue weighted by atomic mass is 10.1. The van der Waals surface area contributed by atoms with Gasteiger partial charge >= 0.3 is 0 Å². The van der Waals surface area contributed by atoms with E-state index in [4.69, 9.17) is 21.1 Å². The number of nitro groups is 1. The monoisotopic (exact) mass is 347 g/mol. The minimum absolute atomic E-state index is 0.000383. The molecule has 1 aliphatic heterocycles. The maximum absolute atomic E-state index is 11.9. The van der Waals surface area contributed by atoms with Crippen LogP contribution in [0.15, 0.2) is 41.5 Å². The topological polar surface area (TPSA) is 103 Å². The molecule has 0 fully saturated rings. The molecule has 0 radical (unpaired) electrons. The molecule has 8 nitrogen and oxygen atoms in total. The van der Waals surface area contributed by atoms with Crippen LogP contribution in [0.1, 0.15) is 15.9 Å². The largest absolute Gasteiger partial charge is 0.454 e. The molecule has 0 aromatic heterocycles. The van der Waals surface area contributed by atoms with Gasteiger partial charge in [-0.05, 0) is 30.3 Å². The van der Waals surface area contributed by atoms with Gasteiger partial charge in [-0.3, -0.25) is 14.9 Å². The molecular weight excluding hydrogens is 338 g/mol. The lowest BCUT2D eigenvalue weighted by Gasteiger charge is -2.02. The number of hydrogen-bond donors (Lipinski definition) is 1. The predicted molar refractivity (Wildman–Crippen MR) is 85.7 cm³/mol. The summed E-state index contributed by atoms with van der Waals surface area (Å²) in [7, 11) is 0. The van der Waals surface area contributed by atoms with Crippen molar-refractivity contribution in [1.29, 1.82) is 0 Å². The third-order valence-electron chi connectivity index (χ3n) is 3.19. The smallest absolute Gasteiger partial charge is 0.282 e. The minimum atomic E-state index is -0.565. The highest BCUT2D eigenvalue weighted by atomic mass is 35.5. The molecule has 3 rings (SSSR count). The van der Waals surface area contributed by atoms with Crippen molar-refractivity contribution in [2.24, 2.45) is 5.10 Å². The van der Waals surface area contributed by atoms with Crippen molar-refractivity contribution in [3.05, 3.63) is 62.7 Å². The molecule has 0 unspecified atom stereocenters. The van der Waals surface area contributed by atoms with Crippen LogP contribution in [-0.4, -0.2) is 23.8 Å². The second-order valence-electron chi connectivity index (χ2n) is 4.73. The fourth-order valence-electron chi connectivity index (χ4n) is 2.03. The SMILES string of the molecule is O=C(N/N=C\c1cc2c(cc1[N+](=O)[O-])OCO2)c1ccc(Cl)cc1. The van der Waals surface area contributed by atoms with Crippen LogP contribution in [0.2, 0.25) is 5.02 Å². The molecular formula is C15H10ClN3O5. The maximum Gasteiger partial charge on any atom is 0.282 e. The number of rotatable bonds is 4. The fourth-order valence-corrected chi connectivity index (χ4v) is 2.16. The average molecular weight is 348 g/mol. The predicted octanol–water partition coefficient (Wildman–Crippen LogP) is 2.74. The third kappa shape index (κ3) is 3.28. The standard InChI is InChI=1S/C15H10ClN3O5/c16-11-3-1-9(2-4-11)15(20)18-17-7-10-5-13-14(24-8-23-13)6-12(10)19(21)22/h1-7H,8H2,(H,18,20)/b17-7-. The van der Waals surface area contributed by atoms with E-state index in [1.165, 1.54) is 30.5 Å². The summed E-state index contributed by atoms with van der Waals surface area (Å²) in [4.78, 5) is 22.5. The number of amides is 1. The number of nitrogens with zero attached hydrogens (tertiary/aromatic N) is 2. The van der Waals surface area contributed by atoms with Crippen molar-refractivity contribution in [2.45, 2.75) is 0 Å². The van der Waals surface area contributed by atoms with E-state index in [2.05, 4.69) is 10.5 Å². The number of carbonyl (C=O) groups is 1. The van der Waals surface area contributed by atoms with Gasteiger partial charge < -0.3 is 9.47 Å². The Morgan fingerprint density at radius 1 is 1.25 bits per heavy atom. The highest BCUT2D eigenvalue weighted by molar-refractivity contribution is 6.30. The Balaban J connectivity index is 1.78. The van der Waals surface area contributed by atoms with Crippen LogP contribution in [0.3, 0.4) is 0 Å². The zero-order chi connectivity index (χ0) is 17.1. The van der Waals surface area contributed by atoms with Gasteiger partial charge in [0, 0.05) is 10.6 Å². The highest BCUT2D eigenvalue weighted by Crippen LogP contribution is 2.37. The zero-order valence-corrected chi connectivity index (χ0v) is 12.8. The van der Waals surface area contributed by atoms with E-state index in [9.17, 15) is 14.9 Å². The number of nitro benzene ring substituents is 1. The van der Waals surface area contributed by atoms with Gasteiger partial charge in [-0.15, -0.1) is 0 Å². The van der Waals surface area contributed by atoms with Crippen LogP contribution in [0.4, 0.5) is 5.69 Å². The van der Waals surface area contributed by atoms with E-state index in [0.717, 1.165) is 0 Å². The number of hydrogen-bond acceptors (Lipinski definition) is 6. The number of fused-ring (bicyclic) bond motifs is 1. The van der Waals surface area contributed by atoms with Crippen LogP contribution in [0.5, 0.6) is 11.5 Å². The van der Waals surface area contributed by atoms with E-state index >= 15 is 0 Å². The molecule has 122 valence electrons. The third-order valence-corrected chi connectivity index (χ3v) is 3.45. The molecule has 2 aromatic carbocycles. The summed E-state index contributed by atoms with van der Waals surface area (Å²) in [6.45, 7) is 0.000383. The summed E-state index contributed by atoms with van der Waals surface area (Å²) in [5.74, 6) is 0.210. The molecule has 9 heteroatoms. The van der Waals surface area contributed by atoms with E-state index in [1.54, 1.807) is 12.1 Å². The van der Waals surface area contributed by atoms with Crippen molar-refractivity contribution in [3.8, 4) is 11.5 Å². The van der Waals surface area contributed by atoms with Gasteiger partial charge in [0.2, 0.25) is 6.79 Å². The molecule has 24 heavy (non-hydrogen) atoms. The van der Waals surface area contributed by atoms with Crippen LogP contribution < -0.4 is 14.9 Å². The molecule has 0 saturated carbocycles. The Labute approximate surface area is 140 Å². The molecule has 1 N–H and O–H groups in total. The fraction of sp³-hybridized carbons (Fsp3) is 0.0667. The molecule has 0 bridgehead atoms. The second kappa shape index (κ2) is 6.55. The lowest BCUT2D eigenvalue weighted by Crippen LogP contribution is -2.17.